The smallest absolute Gasteiger partial charge is 0.493 e. The molecule has 0 saturated heterocycles. The summed E-state index contributed by atoms with van der Waals surface area (Å²) >= 11 is 0. The lowest BCUT2D eigenvalue weighted by molar-refractivity contribution is -0.274. The van der Waals surface area contributed by atoms with Gasteiger partial charge in [-0.2, -0.15) is 0 Å². The molecule has 20 heavy (non-hydrogen) atoms. The van der Waals surface area contributed by atoms with Crippen molar-refractivity contribution in [2.45, 2.75) is 12.8 Å². The van der Waals surface area contributed by atoms with E-state index in [2.05, 4.69) is 4.74 Å². The van der Waals surface area contributed by atoms with E-state index in [1.54, 1.807) is 24.3 Å². The van der Waals surface area contributed by atoms with E-state index in [0.29, 0.717) is 17.7 Å². The molecule has 0 spiro atoms. The van der Waals surface area contributed by atoms with Crippen LogP contribution in [0.2, 0.25) is 0 Å². The Morgan fingerprint density at radius 3 is 2.20 bits per heavy atom. The molecule has 0 bridgehead atoms. The van der Waals surface area contributed by atoms with Crippen LogP contribution in [0.3, 0.4) is 0 Å². The van der Waals surface area contributed by atoms with Crippen LogP contribution in [0.15, 0.2) is 54.6 Å². The number of halogens is 3. The van der Waals surface area contributed by atoms with Gasteiger partial charge < -0.3 is 9.47 Å². The van der Waals surface area contributed by atoms with E-state index in [-0.39, 0.29) is 12.4 Å². The first-order valence-corrected chi connectivity index (χ1v) is 6.06. The second-order valence-electron chi connectivity index (χ2n) is 4.07. The second-order valence-corrected chi connectivity index (χ2v) is 4.07. The summed E-state index contributed by atoms with van der Waals surface area (Å²) in [6, 6.07) is 15.2. The third kappa shape index (κ3) is 4.50. The summed E-state index contributed by atoms with van der Waals surface area (Å²) in [5.74, 6) is 0.499. The van der Waals surface area contributed by atoms with Gasteiger partial charge in [0.25, 0.3) is 0 Å². The van der Waals surface area contributed by atoms with Crippen molar-refractivity contribution in [3.63, 3.8) is 0 Å². The van der Waals surface area contributed by atoms with Gasteiger partial charge in [-0.25, -0.2) is 0 Å². The lowest BCUT2D eigenvalue weighted by Gasteiger charge is -2.13. The van der Waals surface area contributed by atoms with Crippen molar-refractivity contribution < 1.29 is 22.6 Å². The van der Waals surface area contributed by atoms with Crippen molar-refractivity contribution in [1.82, 2.24) is 0 Å². The molecule has 0 radical (unpaired) electrons. The lowest BCUT2D eigenvalue weighted by atomic mass is 10.1. The Bertz CT molecular complexity index is 538. The highest BCUT2D eigenvalue weighted by molar-refractivity contribution is 5.33. The van der Waals surface area contributed by atoms with E-state index >= 15 is 0 Å². The zero-order valence-corrected chi connectivity index (χ0v) is 10.6. The standard InChI is InChI=1S/C15H13F3O2/c16-15(17,18)20-14-9-5-4-6-12(14)10-11-19-13-7-2-1-3-8-13/h1-9H,10-11H2. The fourth-order valence-corrected chi connectivity index (χ4v) is 1.73. The highest BCUT2D eigenvalue weighted by atomic mass is 19.4. The maximum atomic E-state index is 12.3. The number of ether oxygens (including phenoxy) is 2. The molecule has 0 N–H and O–H groups in total. The number of alkyl halides is 3. The number of hydrogen-bond donors (Lipinski definition) is 0. The monoisotopic (exact) mass is 282 g/mol. The van der Waals surface area contributed by atoms with Crippen LogP contribution in [-0.2, 0) is 6.42 Å². The summed E-state index contributed by atoms with van der Waals surface area (Å²) in [5, 5.41) is 0. The van der Waals surface area contributed by atoms with Gasteiger partial charge in [-0.15, -0.1) is 13.2 Å². The van der Waals surface area contributed by atoms with Crippen molar-refractivity contribution in [3.05, 3.63) is 60.2 Å². The molecule has 0 saturated carbocycles. The first kappa shape index (κ1) is 14.2. The van der Waals surface area contributed by atoms with Crippen molar-refractivity contribution in [3.8, 4) is 11.5 Å². The fraction of sp³-hybridized carbons (Fsp3) is 0.200. The van der Waals surface area contributed by atoms with Gasteiger partial charge in [0, 0.05) is 6.42 Å². The Labute approximate surface area is 114 Å². The molecule has 2 nitrogen and oxygen atoms in total. The topological polar surface area (TPSA) is 18.5 Å². The lowest BCUT2D eigenvalue weighted by Crippen LogP contribution is -2.18. The maximum absolute atomic E-state index is 12.3. The Morgan fingerprint density at radius 1 is 0.850 bits per heavy atom. The quantitative estimate of drug-likeness (QED) is 0.818. The van der Waals surface area contributed by atoms with E-state index in [9.17, 15) is 13.2 Å². The molecule has 0 aliphatic rings. The molecule has 5 heteroatoms. The molecule has 0 unspecified atom stereocenters. The predicted molar refractivity (Wildman–Crippen MR) is 68.8 cm³/mol. The minimum atomic E-state index is -4.68. The van der Waals surface area contributed by atoms with Gasteiger partial charge >= 0.3 is 6.36 Å². The molecule has 2 rings (SSSR count). The van der Waals surface area contributed by atoms with Gasteiger partial charge in [0.15, 0.2) is 0 Å². The summed E-state index contributed by atoms with van der Waals surface area (Å²) in [5.41, 5.74) is 0.459. The van der Waals surface area contributed by atoms with Gasteiger partial charge in [0.2, 0.25) is 0 Å². The van der Waals surface area contributed by atoms with Crippen LogP contribution in [0.4, 0.5) is 13.2 Å². The van der Waals surface area contributed by atoms with Gasteiger partial charge in [-0.3, -0.25) is 0 Å². The van der Waals surface area contributed by atoms with E-state index in [0.717, 1.165) is 0 Å². The van der Waals surface area contributed by atoms with E-state index in [1.807, 2.05) is 18.2 Å². The van der Waals surface area contributed by atoms with Crippen LogP contribution >= 0.6 is 0 Å². The maximum Gasteiger partial charge on any atom is 0.573 e. The second kappa shape index (κ2) is 6.32. The average molecular weight is 282 g/mol. The zero-order valence-electron chi connectivity index (χ0n) is 10.6. The largest absolute Gasteiger partial charge is 0.573 e. The number of hydrogen-bond acceptors (Lipinski definition) is 2. The van der Waals surface area contributed by atoms with E-state index in [1.165, 1.54) is 12.1 Å². The normalized spacial score (nSPS) is 11.2. The first-order chi connectivity index (χ1) is 9.54. The summed E-state index contributed by atoms with van der Waals surface area (Å²) in [6.45, 7) is 0.280. The van der Waals surface area contributed by atoms with Crippen molar-refractivity contribution in [1.29, 1.82) is 0 Å². The molecule has 0 aliphatic heterocycles. The Hall–Kier alpha value is -2.17. The summed E-state index contributed by atoms with van der Waals surface area (Å²) in [6.07, 6.45) is -4.35. The fourth-order valence-electron chi connectivity index (χ4n) is 1.73. The molecule has 2 aromatic rings. The molecular formula is C15H13F3O2. The Kier molecular flexibility index (Phi) is 4.50. The van der Waals surface area contributed by atoms with E-state index < -0.39 is 6.36 Å². The zero-order chi connectivity index (χ0) is 14.4. The number of para-hydroxylation sites is 2. The SMILES string of the molecule is FC(F)(F)Oc1ccccc1CCOc1ccccc1. The average Bonchev–Trinajstić information content (AvgIpc) is 2.40. The van der Waals surface area contributed by atoms with Crippen molar-refractivity contribution in [2.24, 2.45) is 0 Å². The van der Waals surface area contributed by atoms with Gasteiger partial charge in [-0.1, -0.05) is 36.4 Å². The Balaban J connectivity index is 1.96. The molecule has 0 heterocycles. The third-order valence-corrected chi connectivity index (χ3v) is 2.58. The highest BCUT2D eigenvalue weighted by Crippen LogP contribution is 2.26. The minimum Gasteiger partial charge on any atom is -0.493 e. The summed E-state index contributed by atoms with van der Waals surface area (Å²) < 4.78 is 46.2. The predicted octanol–water partition coefficient (Wildman–Crippen LogP) is 4.21. The van der Waals surface area contributed by atoms with E-state index in [4.69, 9.17) is 4.74 Å². The third-order valence-electron chi connectivity index (χ3n) is 2.58. The number of benzene rings is 2. The van der Waals surface area contributed by atoms with Crippen LogP contribution < -0.4 is 9.47 Å². The minimum absolute atomic E-state index is 0.184. The molecule has 0 amide bonds. The van der Waals surface area contributed by atoms with Gasteiger partial charge in [0.1, 0.15) is 11.5 Å². The molecule has 0 aromatic heterocycles. The first-order valence-electron chi connectivity index (χ1n) is 6.06. The summed E-state index contributed by atoms with van der Waals surface area (Å²) in [7, 11) is 0. The van der Waals surface area contributed by atoms with Crippen molar-refractivity contribution >= 4 is 0 Å². The number of rotatable bonds is 5. The Morgan fingerprint density at radius 2 is 1.50 bits per heavy atom. The van der Waals surface area contributed by atoms with Crippen LogP contribution in [0, 0.1) is 0 Å². The van der Waals surface area contributed by atoms with Crippen LogP contribution in [0.25, 0.3) is 0 Å². The van der Waals surface area contributed by atoms with Crippen molar-refractivity contribution in [2.75, 3.05) is 6.61 Å². The van der Waals surface area contributed by atoms with Gasteiger partial charge in [0.05, 0.1) is 6.61 Å². The molecule has 0 fully saturated rings. The highest BCUT2D eigenvalue weighted by Gasteiger charge is 2.31. The van der Waals surface area contributed by atoms with Gasteiger partial charge in [-0.05, 0) is 23.8 Å². The molecule has 2 aromatic carbocycles. The summed E-state index contributed by atoms with van der Waals surface area (Å²) in [4.78, 5) is 0. The van der Waals surface area contributed by atoms with Crippen LogP contribution in [0.1, 0.15) is 5.56 Å². The molecule has 106 valence electrons. The van der Waals surface area contributed by atoms with Crippen LogP contribution in [-0.4, -0.2) is 13.0 Å². The molecule has 0 aliphatic carbocycles. The molecular weight excluding hydrogens is 269 g/mol. The van der Waals surface area contributed by atoms with Crippen LogP contribution in [0.5, 0.6) is 11.5 Å². The molecule has 0 atom stereocenters.